The zero-order chi connectivity index (χ0) is 21.3. The number of fused-ring (bicyclic) bond motifs is 1. The lowest BCUT2D eigenvalue weighted by atomic mass is 10.0. The summed E-state index contributed by atoms with van der Waals surface area (Å²) in [4.78, 5) is 23.1. The number of nitro groups is 1. The van der Waals surface area contributed by atoms with Gasteiger partial charge in [0.15, 0.2) is 5.76 Å². The number of nitrogens with zero attached hydrogens (tertiary/aromatic N) is 1. The first kappa shape index (κ1) is 19.7. The normalized spacial score (nSPS) is 13.8. The van der Waals surface area contributed by atoms with E-state index in [4.69, 9.17) is 21.1 Å². The molecule has 7 heteroatoms. The second-order valence-corrected chi connectivity index (χ2v) is 7.19. The van der Waals surface area contributed by atoms with Crippen molar-refractivity contribution in [2.45, 2.75) is 13.5 Å². The summed E-state index contributed by atoms with van der Waals surface area (Å²) in [5.41, 5.74) is 2.68. The highest BCUT2D eigenvalue weighted by Gasteiger charge is 2.30. The fraction of sp³-hybridized carbons (Fsp3) is 0.0870. The molecule has 0 saturated heterocycles. The number of nitro benzene ring substituents is 1. The van der Waals surface area contributed by atoms with Gasteiger partial charge in [0.1, 0.15) is 18.1 Å². The molecule has 30 heavy (non-hydrogen) atoms. The molecule has 0 aromatic heterocycles. The summed E-state index contributed by atoms with van der Waals surface area (Å²) in [7, 11) is 0. The molecule has 0 spiro atoms. The van der Waals surface area contributed by atoms with Crippen LogP contribution in [-0.4, -0.2) is 10.7 Å². The van der Waals surface area contributed by atoms with E-state index in [1.165, 1.54) is 12.1 Å². The van der Waals surface area contributed by atoms with Crippen LogP contribution in [0.5, 0.6) is 11.5 Å². The zero-order valence-corrected chi connectivity index (χ0v) is 16.7. The standard InChI is InChI=1S/C23H16ClNO5/c1-14-10-18(29-13-16-4-2-3-5-19(16)24)12-20-22(14)23(26)21(30-20)11-15-6-8-17(9-7-15)25(27)28/h2-12H,13H2,1H3/b21-11-. The Labute approximate surface area is 177 Å². The predicted molar refractivity (Wildman–Crippen MR) is 113 cm³/mol. The van der Waals surface area contributed by atoms with Gasteiger partial charge in [0.2, 0.25) is 5.78 Å². The van der Waals surface area contributed by atoms with Crippen LogP contribution in [0, 0.1) is 17.0 Å². The predicted octanol–water partition coefficient (Wildman–Crippen LogP) is 5.75. The summed E-state index contributed by atoms with van der Waals surface area (Å²) >= 11 is 6.16. The molecule has 0 N–H and O–H groups in total. The Morgan fingerprint density at radius 2 is 1.87 bits per heavy atom. The van der Waals surface area contributed by atoms with E-state index >= 15 is 0 Å². The summed E-state index contributed by atoms with van der Waals surface area (Å²) in [6, 6.07) is 16.8. The van der Waals surface area contributed by atoms with Crippen molar-refractivity contribution in [3.05, 3.63) is 104 Å². The average molecular weight is 422 g/mol. The van der Waals surface area contributed by atoms with Crippen LogP contribution >= 0.6 is 11.6 Å². The van der Waals surface area contributed by atoms with E-state index in [9.17, 15) is 14.9 Å². The molecular formula is C23H16ClNO5. The van der Waals surface area contributed by atoms with Crippen LogP contribution < -0.4 is 9.47 Å². The van der Waals surface area contributed by atoms with Gasteiger partial charge in [-0.1, -0.05) is 29.8 Å². The third-order valence-electron chi connectivity index (χ3n) is 4.70. The van der Waals surface area contributed by atoms with Crippen molar-refractivity contribution in [1.82, 2.24) is 0 Å². The third kappa shape index (κ3) is 3.90. The molecule has 0 bridgehead atoms. The topological polar surface area (TPSA) is 78.7 Å². The second-order valence-electron chi connectivity index (χ2n) is 6.78. The number of rotatable bonds is 5. The van der Waals surface area contributed by atoms with Gasteiger partial charge in [-0.05, 0) is 48.4 Å². The van der Waals surface area contributed by atoms with Crippen LogP contribution in [0.15, 0.2) is 66.4 Å². The number of ether oxygens (including phenoxy) is 2. The average Bonchev–Trinajstić information content (AvgIpc) is 3.03. The van der Waals surface area contributed by atoms with E-state index in [1.54, 1.807) is 36.4 Å². The molecule has 0 atom stereocenters. The summed E-state index contributed by atoms with van der Waals surface area (Å²) in [6.45, 7) is 2.11. The largest absolute Gasteiger partial charge is 0.489 e. The van der Waals surface area contributed by atoms with Crippen LogP contribution in [0.3, 0.4) is 0 Å². The Bertz CT molecular complexity index is 1180. The van der Waals surface area contributed by atoms with E-state index in [2.05, 4.69) is 0 Å². The van der Waals surface area contributed by atoms with Crippen LogP contribution in [-0.2, 0) is 6.61 Å². The molecule has 150 valence electrons. The van der Waals surface area contributed by atoms with Crippen molar-refractivity contribution < 1.29 is 19.2 Å². The number of allylic oxidation sites excluding steroid dienone is 1. The van der Waals surface area contributed by atoms with Gasteiger partial charge in [-0.2, -0.15) is 0 Å². The summed E-state index contributed by atoms with van der Waals surface area (Å²) in [6.07, 6.45) is 1.57. The summed E-state index contributed by atoms with van der Waals surface area (Å²) in [5.74, 6) is 0.904. The first-order valence-corrected chi connectivity index (χ1v) is 9.50. The highest BCUT2D eigenvalue weighted by atomic mass is 35.5. The number of ketones is 1. The molecule has 1 aliphatic heterocycles. The SMILES string of the molecule is Cc1cc(OCc2ccccc2Cl)cc2c1C(=O)/C(=C/c1ccc([N+](=O)[O-])cc1)O2. The lowest BCUT2D eigenvalue weighted by Crippen LogP contribution is -2.00. The molecule has 0 fully saturated rings. The number of carbonyl (C=O) groups is 1. The molecule has 4 rings (SSSR count). The minimum Gasteiger partial charge on any atom is -0.489 e. The minimum absolute atomic E-state index is 0.0183. The van der Waals surface area contributed by atoms with Crippen LogP contribution in [0.4, 0.5) is 5.69 Å². The summed E-state index contributed by atoms with van der Waals surface area (Å²) in [5, 5.41) is 11.4. The van der Waals surface area contributed by atoms with Crippen LogP contribution in [0.25, 0.3) is 6.08 Å². The molecule has 1 aliphatic rings. The fourth-order valence-corrected chi connectivity index (χ4v) is 3.37. The maximum Gasteiger partial charge on any atom is 0.269 e. The first-order valence-electron chi connectivity index (χ1n) is 9.12. The Morgan fingerprint density at radius 1 is 1.13 bits per heavy atom. The minimum atomic E-state index is -0.475. The van der Waals surface area contributed by atoms with Crippen molar-refractivity contribution in [3.63, 3.8) is 0 Å². The van der Waals surface area contributed by atoms with E-state index in [0.29, 0.717) is 27.6 Å². The lowest BCUT2D eigenvalue weighted by molar-refractivity contribution is -0.384. The first-order chi connectivity index (χ1) is 14.4. The lowest BCUT2D eigenvalue weighted by Gasteiger charge is -2.10. The van der Waals surface area contributed by atoms with Gasteiger partial charge in [0.25, 0.3) is 5.69 Å². The second kappa shape index (κ2) is 8.00. The van der Waals surface area contributed by atoms with Crippen molar-refractivity contribution in [2.24, 2.45) is 0 Å². The highest BCUT2D eigenvalue weighted by molar-refractivity contribution is 6.31. The van der Waals surface area contributed by atoms with E-state index < -0.39 is 4.92 Å². The third-order valence-corrected chi connectivity index (χ3v) is 5.07. The molecule has 1 heterocycles. The molecule has 6 nitrogen and oxygen atoms in total. The van der Waals surface area contributed by atoms with Crippen LogP contribution in [0.1, 0.15) is 27.0 Å². The molecule has 3 aromatic carbocycles. The zero-order valence-electron chi connectivity index (χ0n) is 15.9. The quantitative estimate of drug-likeness (QED) is 0.297. The van der Waals surface area contributed by atoms with E-state index in [-0.39, 0.29) is 23.8 Å². The Hall–Kier alpha value is -3.64. The van der Waals surface area contributed by atoms with E-state index in [1.807, 2.05) is 25.1 Å². The van der Waals surface area contributed by atoms with Crippen molar-refractivity contribution in [1.29, 1.82) is 0 Å². The van der Waals surface area contributed by atoms with Gasteiger partial charge in [0, 0.05) is 28.8 Å². The van der Waals surface area contributed by atoms with E-state index in [0.717, 1.165) is 11.1 Å². The van der Waals surface area contributed by atoms with Gasteiger partial charge in [-0.15, -0.1) is 0 Å². The number of carbonyl (C=O) groups excluding carboxylic acids is 1. The number of hydrogen-bond donors (Lipinski definition) is 0. The number of aryl methyl sites for hydroxylation is 1. The summed E-state index contributed by atoms with van der Waals surface area (Å²) < 4.78 is 11.6. The van der Waals surface area contributed by atoms with Gasteiger partial charge in [-0.25, -0.2) is 0 Å². The Kier molecular flexibility index (Phi) is 5.25. The molecular weight excluding hydrogens is 406 g/mol. The van der Waals surface area contributed by atoms with Crippen molar-refractivity contribution in [2.75, 3.05) is 0 Å². The van der Waals surface area contributed by atoms with Gasteiger partial charge < -0.3 is 9.47 Å². The van der Waals surface area contributed by atoms with Crippen LogP contribution in [0.2, 0.25) is 5.02 Å². The van der Waals surface area contributed by atoms with Gasteiger partial charge in [-0.3, -0.25) is 14.9 Å². The van der Waals surface area contributed by atoms with Crippen molar-refractivity contribution >= 4 is 29.1 Å². The monoisotopic (exact) mass is 421 g/mol. The molecule has 0 unspecified atom stereocenters. The highest BCUT2D eigenvalue weighted by Crippen LogP contribution is 2.38. The number of hydrogen-bond acceptors (Lipinski definition) is 5. The molecule has 0 amide bonds. The smallest absolute Gasteiger partial charge is 0.269 e. The van der Waals surface area contributed by atoms with Crippen molar-refractivity contribution in [3.8, 4) is 11.5 Å². The maximum absolute atomic E-state index is 12.8. The molecule has 0 aliphatic carbocycles. The Balaban J connectivity index is 1.56. The number of halogens is 1. The maximum atomic E-state index is 12.8. The Morgan fingerprint density at radius 3 is 2.57 bits per heavy atom. The van der Waals surface area contributed by atoms with Gasteiger partial charge in [0.05, 0.1) is 10.5 Å². The number of non-ortho nitro benzene ring substituents is 1. The van der Waals surface area contributed by atoms with Gasteiger partial charge >= 0.3 is 0 Å². The fourth-order valence-electron chi connectivity index (χ4n) is 3.18. The number of Topliss-reactive ketones (excluding diaryl/α,β-unsaturated/α-hetero) is 1. The number of benzene rings is 3. The molecule has 0 saturated carbocycles. The molecule has 0 radical (unpaired) electrons. The molecule has 3 aromatic rings.